The van der Waals surface area contributed by atoms with Crippen molar-refractivity contribution in [3.8, 4) is 0 Å². The molecule has 112 valence electrons. The monoisotopic (exact) mass is 291 g/mol. The summed E-state index contributed by atoms with van der Waals surface area (Å²) in [5, 5.41) is 0. The van der Waals surface area contributed by atoms with E-state index in [1.165, 1.54) is 13.5 Å². The van der Waals surface area contributed by atoms with Crippen LogP contribution in [0.3, 0.4) is 0 Å². The van der Waals surface area contributed by atoms with Crippen LogP contribution in [0.25, 0.3) is 0 Å². The molecule has 0 aromatic rings. The number of rotatable bonds is 7. The Balaban J connectivity index is 2.36. The molecule has 0 atom stereocenters. The number of esters is 1. The van der Waals surface area contributed by atoms with Crippen molar-refractivity contribution in [2.45, 2.75) is 45.4 Å². The summed E-state index contributed by atoms with van der Waals surface area (Å²) in [6.45, 7) is 3.42. The minimum Gasteiger partial charge on any atom is -0.469 e. The number of hydrogen-bond acceptors (Lipinski definition) is 4. The summed E-state index contributed by atoms with van der Waals surface area (Å²) in [6, 6.07) is 0. The van der Waals surface area contributed by atoms with Gasteiger partial charge in [0.05, 0.1) is 12.9 Å². The SMILES string of the molecule is CCCC1CCN(S(=O)(=O)CCCC(=O)OC)CC1. The van der Waals surface area contributed by atoms with E-state index in [9.17, 15) is 13.2 Å². The molecule has 0 saturated carbocycles. The Morgan fingerprint density at radius 3 is 2.47 bits per heavy atom. The van der Waals surface area contributed by atoms with Crippen molar-refractivity contribution >= 4 is 16.0 Å². The Hall–Kier alpha value is -0.620. The lowest BCUT2D eigenvalue weighted by atomic mass is 9.94. The molecule has 0 bridgehead atoms. The van der Waals surface area contributed by atoms with Gasteiger partial charge in [0.1, 0.15) is 0 Å². The topological polar surface area (TPSA) is 63.7 Å². The van der Waals surface area contributed by atoms with E-state index < -0.39 is 10.0 Å². The average Bonchev–Trinajstić information content (AvgIpc) is 2.39. The third-order valence-electron chi connectivity index (χ3n) is 3.67. The zero-order valence-electron chi connectivity index (χ0n) is 11.9. The first kappa shape index (κ1) is 16.4. The number of ether oxygens (including phenoxy) is 1. The molecule has 0 spiro atoms. The summed E-state index contributed by atoms with van der Waals surface area (Å²) in [5.41, 5.74) is 0. The van der Waals surface area contributed by atoms with Crippen LogP contribution >= 0.6 is 0 Å². The van der Waals surface area contributed by atoms with Gasteiger partial charge in [-0.1, -0.05) is 19.8 Å². The number of sulfonamides is 1. The highest BCUT2D eigenvalue weighted by Gasteiger charge is 2.27. The predicted molar refractivity (Wildman–Crippen MR) is 74.2 cm³/mol. The van der Waals surface area contributed by atoms with Crippen LogP contribution in [-0.4, -0.2) is 44.6 Å². The van der Waals surface area contributed by atoms with E-state index in [-0.39, 0.29) is 18.1 Å². The number of carbonyl (C=O) groups excluding carboxylic acids is 1. The standard InChI is InChI=1S/C13H25NO4S/c1-3-5-12-7-9-14(10-8-12)19(16,17)11-4-6-13(15)18-2/h12H,3-11H2,1-2H3. The zero-order chi connectivity index (χ0) is 14.3. The molecule has 0 aliphatic carbocycles. The second-order valence-corrected chi connectivity index (χ2v) is 7.22. The second-order valence-electron chi connectivity index (χ2n) is 5.13. The fraction of sp³-hybridized carbons (Fsp3) is 0.923. The molecule has 0 unspecified atom stereocenters. The van der Waals surface area contributed by atoms with Crippen molar-refractivity contribution in [1.82, 2.24) is 4.31 Å². The van der Waals surface area contributed by atoms with E-state index in [1.807, 2.05) is 0 Å². The van der Waals surface area contributed by atoms with Gasteiger partial charge in [-0.3, -0.25) is 4.79 Å². The van der Waals surface area contributed by atoms with E-state index in [1.54, 1.807) is 4.31 Å². The third-order valence-corrected chi connectivity index (χ3v) is 5.63. The Labute approximate surface area is 116 Å². The van der Waals surface area contributed by atoms with Gasteiger partial charge in [0.25, 0.3) is 0 Å². The van der Waals surface area contributed by atoms with E-state index in [0.717, 1.165) is 19.3 Å². The molecule has 19 heavy (non-hydrogen) atoms. The van der Waals surface area contributed by atoms with E-state index in [4.69, 9.17) is 0 Å². The molecule has 6 heteroatoms. The molecule has 1 aliphatic rings. The van der Waals surface area contributed by atoms with Gasteiger partial charge in [0.2, 0.25) is 10.0 Å². The lowest BCUT2D eigenvalue weighted by Gasteiger charge is -2.31. The van der Waals surface area contributed by atoms with Crippen molar-refractivity contribution in [1.29, 1.82) is 0 Å². The van der Waals surface area contributed by atoms with E-state index in [0.29, 0.717) is 25.4 Å². The normalized spacial score (nSPS) is 18.4. The molecule has 0 aromatic heterocycles. The minimum atomic E-state index is -3.20. The lowest BCUT2D eigenvalue weighted by molar-refractivity contribution is -0.140. The van der Waals surface area contributed by atoms with Crippen LogP contribution in [0.5, 0.6) is 0 Å². The van der Waals surface area contributed by atoms with Gasteiger partial charge < -0.3 is 4.74 Å². The van der Waals surface area contributed by atoms with Gasteiger partial charge in [-0.2, -0.15) is 0 Å². The van der Waals surface area contributed by atoms with E-state index in [2.05, 4.69) is 11.7 Å². The van der Waals surface area contributed by atoms with Crippen molar-refractivity contribution in [2.24, 2.45) is 5.92 Å². The highest BCUT2D eigenvalue weighted by molar-refractivity contribution is 7.89. The Morgan fingerprint density at radius 2 is 1.95 bits per heavy atom. The number of nitrogens with zero attached hydrogens (tertiary/aromatic N) is 1. The number of piperidine rings is 1. The molecule has 1 saturated heterocycles. The molecule has 0 radical (unpaired) electrons. The number of hydrogen-bond donors (Lipinski definition) is 0. The van der Waals surface area contributed by atoms with Gasteiger partial charge in [0, 0.05) is 19.5 Å². The Morgan fingerprint density at radius 1 is 1.32 bits per heavy atom. The average molecular weight is 291 g/mol. The first-order valence-electron chi connectivity index (χ1n) is 7.04. The summed E-state index contributed by atoms with van der Waals surface area (Å²) >= 11 is 0. The maximum atomic E-state index is 12.1. The predicted octanol–water partition coefficient (Wildman–Crippen LogP) is 1.78. The molecule has 0 amide bonds. The molecule has 1 rings (SSSR count). The van der Waals surface area contributed by atoms with Crippen molar-refractivity contribution in [3.05, 3.63) is 0 Å². The maximum absolute atomic E-state index is 12.1. The first-order chi connectivity index (χ1) is 8.99. The first-order valence-corrected chi connectivity index (χ1v) is 8.65. The fourth-order valence-corrected chi connectivity index (χ4v) is 4.05. The highest BCUT2D eigenvalue weighted by atomic mass is 32.2. The van der Waals surface area contributed by atoms with Crippen LogP contribution in [-0.2, 0) is 19.6 Å². The van der Waals surface area contributed by atoms with Crippen LogP contribution < -0.4 is 0 Å². The molecular weight excluding hydrogens is 266 g/mol. The van der Waals surface area contributed by atoms with E-state index >= 15 is 0 Å². The van der Waals surface area contributed by atoms with Gasteiger partial charge in [-0.15, -0.1) is 0 Å². The highest BCUT2D eigenvalue weighted by Crippen LogP contribution is 2.23. The van der Waals surface area contributed by atoms with Crippen molar-refractivity contribution in [2.75, 3.05) is 26.0 Å². The summed E-state index contributed by atoms with van der Waals surface area (Å²) in [4.78, 5) is 11.0. The Bertz CT molecular complexity index is 372. The Kier molecular flexibility index (Phi) is 6.79. The van der Waals surface area contributed by atoms with Crippen LogP contribution in [0.2, 0.25) is 0 Å². The molecule has 0 aromatic carbocycles. The quantitative estimate of drug-likeness (QED) is 0.671. The lowest BCUT2D eigenvalue weighted by Crippen LogP contribution is -2.39. The smallest absolute Gasteiger partial charge is 0.305 e. The van der Waals surface area contributed by atoms with Gasteiger partial charge in [0.15, 0.2) is 0 Å². The molecule has 1 fully saturated rings. The number of carbonyl (C=O) groups is 1. The molecule has 5 nitrogen and oxygen atoms in total. The largest absolute Gasteiger partial charge is 0.469 e. The fourth-order valence-electron chi connectivity index (χ4n) is 2.51. The molecule has 1 heterocycles. The van der Waals surface area contributed by atoms with Crippen molar-refractivity contribution in [3.63, 3.8) is 0 Å². The summed E-state index contributed by atoms with van der Waals surface area (Å²) in [7, 11) is -1.89. The second kappa shape index (κ2) is 7.85. The van der Waals surface area contributed by atoms with Crippen LogP contribution in [0, 0.1) is 5.92 Å². The van der Waals surface area contributed by atoms with Gasteiger partial charge in [-0.25, -0.2) is 12.7 Å². The van der Waals surface area contributed by atoms with Crippen molar-refractivity contribution < 1.29 is 17.9 Å². The summed E-state index contributed by atoms with van der Waals surface area (Å²) < 4.78 is 30.3. The maximum Gasteiger partial charge on any atom is 0.305 e. The molecule has 0 N–H and O–H groups in total. The van der Waals surface area contributed by atoms with Crippen LogP contribution in [0.4, 0.5) is 0 Å². The van der Waals surface area contributed by atoms with Crippen LogP contribution in [0.1, 0.15) is 45.4 Å². The van der Waals surface area contributed by atoms with Crippen LogP contribution in [0.15, 0.2) is 0 Å². The third kappa shape index (κ3) is 5.48. The molecular formula is C13H25NO4S. The van der Waals surface area contributed by atoms with Gasteiger partial charge >= 0.3 is 5.97 Å². The molecule has 1 aliphatic heterocycles. The van der Waals surface area contributed by atoms with Gasteiger partial charge in [-0.05, 0) is 25.2 Å². The summed E-state index contributed by atoms with van der Waals surface area (Å²) in [6.07, 6.45) is 4.78. The zero-order valence-corrected chi connectivity index (χ0v) is 12.7. The summed E-state index contributed by atoms with van der Waals surface area (Å²) in [5.74, 6) is 0.365. The number of methoxy groups -OCH3 is 1. The minimum absolute atomic E-state index is 0.0422.